The third kappa shape index (κ3) is 5.14. The van der Waals surface area contributed by atoms with Gasteiger partial charge in [-0.25, -0.2) is 4.39 Å². The normalized spacial score (nSPS) is 12.3. The van der Waals surface area contributed by atoms with Gasteiger partial charge in [-0.15, -0.1) is 0 Å². The molecule has 0 aliphatic rings. The topological polar surface area (TPSA) is 73.6 Å². The summed E-state index contributed by atoms with van der Waals surface area (Å²) in [5.74, 6) is -0.468. The fourth-order valence-electron chi connectivity index (χ4n) is 1.61. The maximum absolute atomic E-state index is 13.8. The Hall–Kier alpha value is -1.66. The van der Waals surface area contributed by atoms with E-state index in [1.165, 1.54) is 19.2 Å². The third-order valence-electron chi connectivity index (χ3n) is 2.60. The maximum Gasteiger partial charge on any atom is 0.227 e. The van der Waals surface area contributed by atoms with Gasteiger partial charge in [0.05, 0.1) is 24.3 Å². The minimum absolute atomic E-state index is 0.0399. The first-order chi connectivity index (χ1) is 9.46. The lowest BCUT2D eigenvalue weighted by molar-refractivity contribution is -0.118. The number of methoxy groups -OCH3 is 1. The number of nitrogens with two attached hydrogens (primary N) is 1. The van der Waals surface area contributed by atoms with E-state index in [9.17, 15) is 9.18 Å². The van der Waals surface area contributed by atoms with Gasteiger partial charge in [0.15, 0.2) is 0 Å². The van der Waals surface area contributed by atoms with Gasteiger partial charge >= 0.3 is 0 Å². The van der Waals surface area contributed by atoms with E-state index < -0.39 is 5.82 Å². The smallest absolute Gasteiger partial charge is 0.227 e. The van der Waals surface area contributed by atoms with Gasteiger partial charge in [-0.3, -0.25) is 4.79 Å². The summed E-state index contributed by atoms with van der Waals surface area (Å²) in [4.78, 5) is 11.7. The van der Waals surface area contributed by atoms with Crippen molar-refractivity contribution in [1.82, 2.24) is 0 Å². The Morgan fingerprint density at radius 3 is 2.65 bits per heavy atom. The van der Waals surface area contributed by atoms with Crippen LogP contribution in [0.3, 0.4) is 0 Å². The van der Waals surface area contributed by atoms with Crippen molar-refractivity contribution in [1.29, 1.82) is 0 Å². The zero-order valence-electron chi connectivity index (χ0n) is 12.0. The minimum atomic E-state index is -0.543. The van der Waals surface area contributed by atoms with Gasteiger partial charge in [-0.1, -0.05) is 0 Å². The molecule has 3 N–H and O–H groups in total. The predicted octanol–water partition coefficient (Wildman–Crippen LogP) is 1.92. The first-order valence-electron chi connectivity index (χ1n) is 6.45. The van der Waals surface area contributed by atoms with E-state index in [-0.39, 0.29) is 36.8 Å². The molecule has 112 valence electrons. The van der Waals surface area contributed by atoms with Gasteiger partial charge in [-0.2, -0.15) is 0 Å². The van der Waals surface area contributed by atoms with Crippen molar-refractivity contribution in [3.63, 3.8) is 0 Å². The number of halogens is 1. The van der Waals surface area contributed by atoms with Crippen LogP contribution in [0.25, 0.3) is 0 Å². The van der Waals surface area contributed by atoms with Crippen LogP contribution in [0.15, 0.2) is 18.2 Å². The Balaban J connectivity index is 2.66. The molecule has 1 aromatic rings. The molecule has 0 spiro atoms. The number of anilines is 1. The highest BCUT2D eigenvalue weighted by Gasteiger charge is 2.13. The molecule has 1 atom stereocenters. The fraction of sp³-hybridized carbons (Fsp3) is 0.500. The lowest BCUT2D eigenvalue weighted by atomic mass is 10.2. The number of hydrogen-bond acceptors (Lipinski definition) is 4. The van der Waals surface area contributed by atoms with E-state index in [4.69, 9.17) is 15.2 Å². The first kappa shape index (κ1) is 16.4. The van der Waals surface area contributed by atoms with E-state index >= 15 is 0 Å². The zero-order chi connectivity index (χ0) is 15.1. The van der Waals surface area contributed by atoms with Crippen molar-refractivity contribution >= 4 is 11.6 Å². The van der Waals surface area contributed by atoms with Crippen molar-refractivity contribution in [3.05, 3.63) is 24.0 Å². The average molecular weight is 284 g/mol. The van der Waals surface area contributed by atoms with Crippen LogP contribution in [0.2, 0.25) is 0 Å². The number of ether oxygens (including phenoxy) is 2. The summed E-state index contributed by atoms with van der Waals surface area (Å²) in [5.41, 5.74) is 5.53. The number of benzene rings is 1. The molecular formula is C14H21FN2O3. The summed E-state index contributed by atoms with van der Waals surface area (Å²) in [6.45, 7) is 3.93. The molecule has 0 heterocycles. The van der Waals surface area contributed by atoms with Crippen LogP contribution in [0, 0.1) is 5.82 Å². The lowest BCUT2D eigenvalue weighted by Crippen LogP contribution is -2.28. The summed E-state index contributed by atoms with van der Waals surface area (Å²) in [5, 5.41) is 2.48. The first-order valence-corrected chi connectivity index (χ1v) is 6.45. The number of carbonyl (C=O) groups excluding carboxylic acids is 1. The highest BCUT2D eigenvalue weighted by Crippen LogP contribution is 2.21. The molecule has 1 aromatic carbocycles. The molecule has 0 aromatic heterocycles. The van der Waals surface area contributed by atoms with Gasteiger partial charge in [0.25, 0.3) is 0 Å². The Labute approximate surface area is 118 Å². The number of amides is 1. The number of nitrogens with one attached hydrogen (secondary N) is 1. The SMILES string of the molecule is COC(CN)CC(=O)Nc1ccc(OC(C)C)cc1F. The molecular weight excluding hydrogens is 263 g/mol. The third-order valence-corrected chi connectivity index (χ3v) is 2.60. The van der Waals surface area contributed by atoms with Gasteiger partial charge < -0.3 is 20.5 Å². The monoisotopic (exact) mass is 284 g/mol. The van der Waals surface area contributed by atoms with Crippen LogP contribution < -0.4 is 15.8 Å². The average Bonchev–Trinajstić information content (AvgIpc) is 2.38. The molecule has 6 heteroatoms. The summed E-state index contributed by atoms with van der Waals surface area (Å²) in [7, 11) is 1.48. The summed E-state index contributed by atoms with van der Waals surface area (Å²) in [6, 6.07) is 4.32. The lowest BCUT2D eigenvalue weighted by Gasteiger charge is -2.14. The molecule has 20 heavy (non-hydrogen) atoms. The molecule has 0 fully saturated rings. The Bertz CT molecular complexity index is 448. The van der Waals surface area contributed by atoms with Gasteiger partial charge in [0, 0.05) is 19.7 Å². The minimum Gasteiger partial charge on any atom is -0.491 e. The van der Waals surface area contributed by atoms with Crippen LogP contribution in [-0.4, -0.2) is 31.8 Å². The number of rotatable bonds is 7. The van der Waals surface area contributed by atoms with Crippen molar-refractivity contribution in [2.45, 2.75) is 32.5 Å². The van der Waals surface area contributed by atoms with Crippen LogP contribution in [0.1, 0.15) is 20.3 Å². The van der Waals surface area contributed by atoms with Crippen molar-refractivity contribution in [2.24, 2.45) is 5.73 Å². The van der Waals surface area contributed by atoms with Crippen LogP contribution in [0.4, 0.5) is 10.1 Å². The van der Waals surface area contributed by atoms with Crippen molar-refractivity contribution in [2.75, 3.05) is 19.0 Å². The van der Waals surface area contributed by atoms with Crippen molar-refractivity contribution in [3.8, 4) is 5.75 Å². The summed E-state index contributed by atoms with van der Waals surface area (Å²) >= 11 is 0. The molecule has 5 nitrogen and oxygen atoms in total. The van der Waals surface area contributed by atoms with Gasteiger partial charge in [-0.05, 0) is 26.0 Å². The second-order valence-corrected chi connectivity index (χ2v) is 4.65. The van der Waals surface area contributed by atoms with E-state index in [0.717, 1.165) is 0 Å². The summed E-state index contributed by atoms with van der Waals surface area (Å²) < 4.78 is 24.2. The number of hydrogen-bond donors (Lipinski definition) is 2. The standard InChI is InChI=1S/C14H21FN2O3/c1-9(2)20-10-4-5-13(12(15)6-10)17-14(18)7-11(8-16)19-3/h4-6,9,11H,7-8,16H2,1-3H3,(H,17,18). The Kier molecular flexibility index (Phi) is 6.41. The van der Waals surface area contributed by atoms with E-state index in [2.05, 4.69) is 5.32 Å². The Morgan fingerprint density at radius 1 is 1.45 bits per heavy atom. The molecule has 0 aliphatic heterocycles. The second-order valence-electron chi connectivity index (χ2n) is 4.65. The Morgan fingerprint density at radius 2 is 2.15 bits per heavy atom. The second kappa shape index (κ2) is 7.81. The highest BCUT2D eigenvalue weighted by molar-refractivity contribution is 5.91. The molecule has 1 amide bonds. The van der Waals surface area contributed by atoms with E-state index in [1.54, 1.807) is 6.07 Å². The highest BCUT2D eigenvalue weighted by atomic mass is 19.1. The molecule has 0 saturated carbocycles. The van der Waals surface area contributed by atoms with Crippen LogP contribution in [-0.2, 0) is 9.53 Å². The molecule has 0 saturated heterocycles. The van der Waals surface area contributed by atoms with E-state index in [1.807, 2.05) is 13.8 Å². The van der Waals surface area contributed by atoms with Crippen LogP contribution in [0.5, 0.6) is 5.75 Å². The van der Waals surface area contributed by atoms with E-state index in [0.29, 0.717) is 5.75 Å². The fourth-order valence-corrected chi connectivity index (χ4v) is 1.61. The molecule has 1 rings (SSSR count). The van der Waals surface area contributed by atoms with Crippen LogP contribution >= 0.6 is 0 Å². The molecule has 0 aliphatic carbocycles. The van der Waals surface area contributed by atoms with Gasteiger partial charge in [0.2, 0.25) is 5.91 Å². The number of carbonyl (C=O) groups is 1. The van der Waals surface area contributed by atoms with Crippen molar-refractivity contribution < 1.29 is 18.7 Å². The molecule has 1 unspecified atom stereocenters. The maximum atomic E-state index is 13.8. The summed E-state index contributed by atoms with van der Waals surface area (Å²) in [6.07, 6.45) is -0.333. The molecule has 0 radical (unpaired) electrons. The largest absolute Gasteiger partial charge is 0.491 e. The zero-order valence-corrected chi connectivity index (χ0v) is 12.0. The quantitative estimate of drug-likeness (QED) is 0.802. The predicted molar refractivity (Wildman–Crippen MR) is 75.3 cm³/mol. The van der Waals surface area contributed by atoms with Gasteiger partial charge in [0.1, 0.15) is 11.6 Å². The molecule has 0 bridgehead atoms.